The molecule has 3 fully saturated rings. The number of hydrogen-bond acceptors (Lipinski definition) is 14. The molecule has 0 bridgehead atoms. The maximum Gasteiger partial charge on any atom is 0.410 e. The second kappa shape index (κ2) is 22.5. The number of hydrogen-bond donors (Lipinski definition) is 2. The quantitative estimate of drug-likeness (QED) is 0.225. The smallest absolute Gasteiger partial charge is 0.410 e. The molecule has 3 heterocycles. The molecular weight excluding hydrogens is 736 g/mol. The van der Waals surface area contributed by atoms with Crippen LogP contribution in [0.15, 0.2) is 36.4 Å². The summed E-state index contributed by atoms with van der Waals surface area (Å²) in [6.07, 6.45) is 4.23. The standard InChI is InChI=1S/C17H24N2O6.C10H19NO3.C7H7NO4.C4H8O/c1-17(2,3)25-16(20)18-9-7-13(8-10-18)24-14-6-5-12(19(21)22)11-15(14)23-4;1-10(2,3)14-9(13)11-6-4-8(12)5-7-11;1-12-7-4-5(8(10)11)2-3-6(7)9;1-2-4-5-3-1/h5-6,11,13H,7-10H2,1-4H3;8,12H,4-7H2,1-3H3;2-4,9H,1H3;1-4H2. The van der Waals surface area contributed by atoms with Crippen molar-refractivity contribution in [2.24, 2.45) is 0 Å². The van der Waals surface area contributed by atoms with E-state index in [4.69, 9.17) is 28.8 Å². The molecule has 0 aromatic heterocycles. The summed E-state index contributed by atoms with van der Waals surface area (Å²) in [5, 5.41) is 39.4. The van der Waals surface area contributed by atoms with E-state index in [9.17, 15) is 34.9 Å². The van der Waals surface area contributed by atoms with Crippen molar-refractivity contribution in [3.63, 3.8) is 0 Å². The van der Waals surface area contributed by atoms with E-state index < -0.39 is 21.0 Å². The van der Waals surface area contributed by atoms with Crippen LogP contribution >= 0.6 is 0 Å². The number of benzene rings is 2. The van der Waals surface area contributed by atoms with Crippen molar-refractivity contribution in [1.29, 1.82) is 0 Å². The van der Waals surface area contributed by atoms with Crippen LogP contribution in [0.4, 0.5) is 21.0 Å². The number of nitrogens with zero attached hydrogens (tertiary/aromatic N) is 4. The van der Waals surface area contributed by atoms with Crippen LogP contribution < -0.4 is 14.2 Å². The SMILES string of the molecule is C1CCOC1.CC(C)(C)OC(=O)N1CCC(O)CC1.COc1cc([N+](=O)[O-])ccc1O.COc1cc([N+](=O)[O-])ccc1OC1CCN(C(=O)OC(C)(C)C)CC1. The Labute approximate surface area is 327 Å². The number of non-ortho nitro benzene ring substituents is 2. The number of aromatic hydroxyl groups is 1. The number of carbonyl (C=O) groups is 2. The predicted molar refractivity (Wildman–Crippen MR) is 206 cm³/mol. The largest absolute Gasteiger partial charge is 0.504 e. The van der Waals surface area contributed by atoms with Gasteiger partial charge >= 0.3 is 12.2 Å². The lowest BCUT2D eigenvalue weighted by atomic mass is 10.1. The van der Waals surface area contributed by atoms with Crippen molar-refractivity contribution in [1.82, 2.24) is 9.80 Å². The van der Waals surface area contributed by atoms with Gasteiger partial charge in [0, 0.05) is 64.4 Å². The summed E-state index contributed by atoms with van der Waals surface area (Å²) in [6, 6.07) is 7.85. The van der Waals surface area contributed by atoms with Crippen LogP contribution in [0.25, 0.3) is 0 Å². The number of aliphatic hydroxyl groups is 1. The summed E-state index contributed by atoms with van der Waals surface area (Å²) in [6.45, 7) is 15.3. The third kappa shape index (κ3) is 17.6. The van der Waals surface area contributed by atoms with Crippen LogP contribution in [-0.2, 0) is 14.2 Å². The first kappa shape index (κ1) is 47.1. The maximum atomic E-state index is 12.1. The van der Waals surface area contributed by atoms with Gasteiger partial charge in [-0.15, -0.1) is 0 Å². The molecular formula is C38H58N4O14. The van der Waals surface area contributed by atoms with Gasteiger partial charge in [0.2, 0.25) is 0 Å². The average molecular weight is 795 g/mol. The van der Waals surface area contributed by atoms with Crippen LogP contribution in [-0.4, -0.2) is 119 Å². The molecule has 0 radical (unpaired) electrons. The van der Waals surface area contributed by atoms with Gasteiger partial charge in [-0.3, -0.25) is 20.2 Å². The average Bonchev–Trinajstić information content (AvgIpc) is 3.72. The molecule has 314 valence electrons. The van der Waals surface area contributed by atoms with E-state index >= 15 is 0 Å². The van der Waals surface area contributed by atoms with Gasteiger partial charge in [0.1, 0.15) is 17.3 Å². The van der Waals surface area contributed by atoms with Crippen molar-refractivity contribution in [2.45, 2.75) is 103 Å². The van der Waals surface area contributed by atoms with E-state index in [1.54, 1.807) is 9.80 Å². The van der Waals surface area contributed by atoms with Gasteiger partial charge < -0.3 is 48.4 Å². The Morgan fingerprint density at radius 2 is 1.14 bits per heavy atom. The van der Waals surface area contributed by atoms with Crippen molar-refractivity contribution in [2.75, 3.05) is 53.6 Å². The Kier molecular flexibility index (Phi) is 18.9. The van der Waals surface area contributed by atoms with Crippen LogP contribution in [0.3, 0.4) is 0 Å². The van der Waals surface area contributed by atoms with Gasteiger partial charge in [-0.1, -0.05) is 0 Å². The summed E-state index contributed by atoms with van der Waals surface area (Å²) in [5.74, 6) is 0.778. The molecule has 18 nitrogen and oxygen atoms in total. The van der Waals surface area contributed by atoms with E-state index in [-0.39, 0.29) is 47.3 Å². The Bertz CT molecular complexity index is 1550. The van der Waals surface area contributed by atoms with Crippen molar-refractivity contribution >= 4 is 23.6 Å². The van der Waals surface area contributed by atoms with Gasteiger partial charge in [0.25, 0.3) is 11.4 Å². The molecule has 0 aliphatic carbocycles. The molecule has 2 amide bonds. The summed E-state index contributed by atoms with van der Waals surface area (Å²) >= 11 is 0. The fraction of sp³-hybridized carbons (Fsp3) is 0.632. The third-order valence-corrected chi connectivity index (χ3v) is 8.06. The Morgan fingerprint density at radius 1 is 0.714 bits per heavy atom. The van der Waals surface area contributed by atoms with E-state index in [2.05, 4.69) is 4.74 Å². The number of phenolic OH excluding ortho intramolecular Hbond substituents is 1. The molecule has 2 N–H and O–H groups in total. The van der Waals surface area contributed by atoms with Crippen LogP contribution in [0.1, 0.15) is 80.1 Å². The number of nitro groups is 2. The molecule has 5 rings (SSSR count). The van der Waals surface area contributed by atoms with Crippen molar-refractivity contribution in [3.8, 4) is 23.0 Å². The highest BCUT2D eigenvalue weighted by atomic mass is 16.6. The van der Waals surface area contributed by atoms with Crippen LogP contribution in [0.2, 0.25) is 0 Å². The Hall–Kier alpha value is -5.10. The molecule has 3 aliphatic heterocycles. The highest BCUT2D eigenvalue weighted by Gasteiger charge is 2.29. The Balaban J connectivity index is 0.000000293. The number of rotatable bonds is 6. The molecule has 2 aromatic carbocycles. The van der Waals surface area contributed by atoms with E-state index in [0.29, 0.717) is 63.4 Å². The molecule has 0 spiro atoms. The third-order valence-electron chi connectivity index (χ3n) is 8.06. The van der Waals surface area contributed by atoms with E-state index in [1.165, 1.54) is 57.4 Å². The first-order chi connectivity index (χ1) is 26.2. The Morgan fingerprint density at radius 3 is 1.54 bits per heavy atom. The summed E-state index contributed by atoms with van der Waals surface area (Å²) in [4.78, 5) is 47.0. The zero-order chi connectivity index (χ0) is 42.1. The van der Waals surface area contributed by atoms with Gasteiger partial charge in [-0.25, -0.2) is 9.59 Å². The van der Waals surface area contributed by atoms with Gasteiger partial charge in [-0.2, -0.15) is 0 Å². The van der Waals surface area contributed by atoms with Gasteiger partial charge in [-0.05, 0) is 79.4 Å². The monoisotopic (exact) mass is 794 g/mol. The molecule has 56 heavy (non-hydrogen) atoms. The highest BCUT2D eigenvalue weighted by molar-refractivity contribution is 5.68. The molecule has 3 aliphatic rings. The molecule has 3 saturated heterocycles. The first-order valence-electron chi connectivity index (χ1n) is 18.4. The second-order valence-electron chi connectivity index (χ2n) is 15.0. The number of methoxy groups -OCH3 is 2. The summed E-state index contributed by atoms with van der Waals surface area (Å²) in [5.41, 5.74) is -1.11. The van der Waals surface area contributed by atoms with Crippen LogP contribution in [0.5, 0.6) is 23.0 Å². The minimum atomic E-state index is -0.554. The fourth-order valence-electron chi connectivity index (χ4n) is 5.19. The molecule has 0 unspecified atom stereocenters. The number of amides is 2. The topological polar surface area (TPSA) is 223 Å². The lowest BCUT2D eigenvalue weighted by Gasteiger charge is -2.33. The zero-order valence-corrected chi connectivity index (χ0v) is 33.7. The molecule has 18 heteroatoms. The molecule has 0 saturated carbocycles. The first-order valence-corrected chi connectivity index (χ1v) is 18.4. The van der Waals surface area contributed by atoms with Crippen molar-refractivity contribution < 1.29 is 58.1 Å². The van der Waals surface area contributed by atoms with Crippen molar-refractivity contribution in [3.05, 3.63) is 56.6 Å². The lowest BCUT2D eigenvalue weighted by Crippen LogP contribution is -2.44. The number of likely N-dealkylation sites (tertiary alicyclic amines) is 2. The van der Waals surface area contributed by atoms with Crippen LogP contribution in [0, 0.1) is 20.2 Å². The number of phenols is 1. The van der Waals surface area contributed by atoms with E-state index in [1.807, 2.05) is 41.5 Å². The summed E-state index contributed by atoms with van der Waals surface area (Å²) in [7, 11) is 2.77. The van der Waals surface area contributed by atoms with E-state index in [0.717, 1.165) is 19.3 Å². The maximum absolute atomic E-state index is 12.1. The highest BCUT2D eigenvalue weighted by Crippen LogP contribution is 2.33. The minimum Gasteiger partial charge on any atom is -0.504 e. The number of piperidine rings is 2. The van der Waals surface area contributed by atoms with Gasteiger partial charge in [0.15, 0.2) is 23.0 Å². The molecule has 0 atom stereocenters. The normalized spacial score (nSPS) is 16.0. The molecule has 2 aromatic rings. The number of ether oxygens (including phenoxy) is 6. The fourth-order valence-corrected chi connectivity index (χ4v) is 5.19. The minimum absolute atomic E-state index is 0.0519. The number of nitro benzene ring substituents is 2. The summed E-state index contributed by atoms with van der Waals surface area (Å²) < 4.78 is 31.3. The number of carbonyl (C=O) groups excluding carboxylic acids is 2. The second-order valence-corrected chi connectivity index (χ2v) is 15.0. The lowest BCUT2D eigenvalue weighted by molar-refractivity contribution is -0.385. The number of aliphatic hydroxyl groups excluding tert-OH is 1. The van der Waals surface area contributed by atoms with Gasteiger partial charge in [0.05, 0.1) is 42.3 Å². The zero-order valence-electron chi connectivity index (χ0n) is 33.7. The predicted octanol–water partition coefficient (Wildman–Crippen LogP) is 6.87.